The van der Waals surface area contributed by atoms with Gasteiger partial charge in [0.2, 0.25) is 0 Å². The van der Waals surface area contributed by atoms with Crippen LogP contribution in [0, 0.1) is 27.7 Å². The first-order chi connectivity index (χ1) is 12.4. The van der Waals surface area contributed by atoms with Crippen LogP contribution in [0.4, 0.5) is 0 Å². The molecule has 0 aliphatic carbocycles. The molecular formula is C22H32Cl2O2. The van der Waals surface area contributed by atoms with Crippen molar-refractivity contribution in [2.24, 2.45) is 0 Å². The number of hydrogen-bond acceptors (Lipinski definition) is 2. The molecule has 0 aromatic heterocycles. The van der Waals surface area contributed by atoms with Crippen molar-refractivity contribution in [3.8, 4) is 11.5 Å². The minimum Gasteiger partial charge on any atom is -0.489 e. The highest BCUT2D eigenvalue weighted by Crippen LogP contribution is 2.28. The monoisotopic (exact) mass is 398 g/mol. The van der Waals surface area contributed by atoms with E-state index in [9.17, 15) is 0 Å². The summed E-state index contributed by atoms with van der Waals surface area (Å²) in [5, 5.41) is 1.46. The van der Waals surface area contributed by atoms with Gasteiger partial charge in [-0.15, -0.1) is 0 Å². The molecule has 0 saturated heterocycles. The standard InChI is InChI=1S/C18H20Cl2O2.2C2H6/c1-11-7-15(19)8-12(2)17(11)21-5-6-22-18-13(3)9-16(20)10-14(18)4;2*1-2/h7-10H,5-6H2,1-4H3;2*1-2H3. The van der Waals surface area contributed by atoms with Crippen LogP contribution in [0.15, 0.2) is 24.3 Å². The van der Waals surface area contributed by atoms with E-state index in [-0.39, 0.29) is 0 Å². The summed E-state index contributed by atoms with van der Waals surface area (Å²) < 4.78 is 11.7. The summed E-state index contributed by atoms with van der Waals surface area (Å²) in [6.45, 7) is 16.9. The van der Waals surface area contributed by atoms with Gasteiger partial charge in [0.15, 0.2) is 0 Å². The fraction of sp³-hybridized carbons (Fsp3) is 0.455. The van der Waals surface area contributed by atoms with Crippen molar-refractivity contribution in [1.29, 1.82) is 0 Å². The van der Waals surface area contributed by atoms with Gasteiger partial charge in [0.1, 0.15) is 24.7 Å². The number of hydrogen-bond donors (Lipinski definition) is 0. The highest BCUT2D eigenvalue weighted by Gasteiger charge is 2.08. The maximum absolute atomic E-state index is 6.02. The second-order valence-electron chi connectivity index (χ2n) is 5.43. The first-order valence-corrected chi connectivity index (χ1v) is 9.93. The summed E-state index contributed by atoms with van der Waals surface area (Å²) in [7, 11) is 0. The fourth-order valence-electron chi connectivity index (χ4n) is 2.54. The molecular weight excluding hydrogens is 367 g/mol. The summed E-state index contributed by atoms with van der Waals surface area (Å²) in [6.07, 6.45) is 0. The molecule has 0 spiro atoms. The third kappa shape index (κ3) is 7.47. The first kappa shape index (κ1) is 24.6. The van der Waals surface area contributed by atoms with Crippen LogP contribution < -0.4 is 9.47 Å². The van der Waals surface area contributed by atoms with Gasteiger partial charge in [0, 0.05) is 10.0 Å². The largest absolute Gasteiger partial charge is 0.489 e. The van der Waals surface area contributed by atoms with Gasteiger partial charge in [-0.25, -0.2) is 0 Å². The lowest BCUT2D eigenvalue weighted by atomic mass is 10.1. The summed E-state index contributed by atoms with van der Waals surface area (Å²) in [5.41, 5.74) is 4.13. The quantitative estimate of drug-likeness (QED) is 0.479. The average Bonchev–Trinajstić information content (AvgIpc) is 2.58. The molecule has 0 atom stereocenters. The molecule has 26 heavy (non-hydrogen) atoms. The maximum Gasteiger partial charge on any atom is 0.125 e. The van der Waals surface area contributed by atoms with Crippen LogP contribution in [-0.2, 0) is 0 Å². The predicted molar refractivity (Wildman–Crippen MR) is 116 cm³/mol. The average molecular weight is 399 g/mol. The summed E-state index contributed by atoms with van der Waals surface area (Å²) in [5.74, 6) is 1.75. The number of rotatable bonds is 5. The fourth-order valence-corrected chi connectivity index (χ4v) is 3.19. The van der Waals surface area contributed by atoms with Crippen LogP contribution in [0.2, 0.25) is 10.0 Å². The van der Waals surface area contributed by atoms with Crippen LogP contribution in [0.25, 0.3) is 0 Å². The molecule has 2 rings (SSSR count). The van der Waals surface area contributed by atoms with Crippen molar-refractivity contribution in [2.45, 2.75) is 55.4 Å². The van der Waals surface area contributed by atoms with Crippen LogP contribution >= 0.6 is 23.2 Å². The van der Waals surface area contributed by atoms with Gasteiger partial charge in [-0.2, -0.15) is 0 Å². The zero-order valence-corrected chi connectivity index (χ0v) is 18.8. The molecule has 2 aromatic rings. The lowest BCUT2D eigenvalue weighted by molar-refractivity contribution is 0.214. The molecule has 4 heteroatoms. The Labute approximate surface area is 169 Å². The van der Waals surface area contributed by atoms with Crippen molar-refractivity contribution < 1.29 is 9.47 Å². The van der Waals surface area contributed by atoms with E-state index in [4.69, 9.17) is 32.7 Å². The zero-order valence-electron chi connectivity index (χ0n) is 17.3. The summed E-state index contributed by atoms with van der Waals surface area (Å²) in [6, 6.07) is 7.60. The van der Waals surface area contributed by atoms with Crippen molar-refractivity contribution in [3.63, 3.8) is 0 Å². The lowest BCUT2D eigenvalue weighted by Gasteiger charge is -2.15. The van der Waals surface area contributed by atoms with E-state index in [1.165, 1.54) is 0 Å². The van der Waals surface area contributed by atoms with Crippen molar-refractivity contribution in [3.05, 3.63) is 56.6 Å². The van der Waals surface area contributed by atoms with E-state index in [2.05, 4.69) is 0 Å². The van der Waals surface area contributed by atoms with E-state index in [1.807, 2.05) is 79.7 Å². The molecule has 0 aliphatic heterocycles. The highest BCUT2D eigenvalue weighted by atomic mass is 35.5. The number of aryl methyl sites for hydroxylation is 4. The van der Waals surface area contributed by atoms with Gasteiger partial charge in [-0.05, 0) is 74.2 Å². The Hall–Kier alpha value is -1.38. The van der Waals surface area contributed by atoms with E-state index < -0.39 is 0 Å². The van der Waals surface area contributed by atoms with Crippen LogP contribution in [0.3, 0.4) is 0 Å². The van der Waals surface area contributed by atoms with Gasteiger partial charge in [-0.1, -0.05) is 50.9 Å². The molecule has 0 saturated carbocycles. The number of halogens is 2. The predicted octanol–water partition coefficient (Wildman–Crippen LogP) is 7.74. The number of benzene rings is 2. The molecule has 0 fully saturated rings. The van der Waals surface area contributed by atoms with E-state index in [0.29, 0.717) is 13.2 Å². The molecule has 0 unspecified atom stereocenters. The summed E-state index contributed by atoms with van der Waals surface area (Å²) in [4.78, 5) is 0. The summed E-state index contributed by atoms with van der Waals surface area (Å²) >= 11 is 12.0. The van der Waals surface area contributed by atoms with Crippen molar-refractivity contribution >= 4 is 23.2 Å². The van der Waals surface area contributed by atoms with E-state index in [0.717, 1.165) is 43.8 Å². The van der Waals surface area contributed by atoms with Gasteiger partial charge in [-0.3, -0.25) is 0 Å². The highest BCUT2D eigenvalue weighted by molar-refractivity contribution is 6.31. The minimum absolute atomic E-state index is 0.477. The molecule has 0 radical (unpaired) electrons. The van der Waals surface area contributed by atoms with E-state index in [1.54, 1.807) is 0 Å². The second kappa shape index (κ2) is 12.9. The maximum atomic E-state index is 6.02. The number of ether oxygens (including phenoxy) is 2. The van der Waals surface area contributed by atoms with Crippen LogP contribution in [-0.4, -0.2) is 13.2 Å². The van der Waals surface area contributed by atoms with Gasteiger partial charge < -0.3 is 9.47 Å². The van der Waals surface area contributed by atoms with Crippen molar-refractivity contribution in [1.82, 2.24) is 0 Å². The first-order valence-electron chi connectivity index (χ1n) is 9.17. The normalized spacial score (nSPS) is 9.46. The Morgan fingerprint density at radius 2 is 0.808 bits per heavy atom. The Morgan fingerprint density at radius 1 is 0.577 bits per heavy atom. The Kier molecular flexibility index (Phi) is 12.2. The topological polar surface area (TPSA) is 18.5 Å². The Morgan fingerprint density at radius 3 is 1.04 bits per heavy atom. The molecule has 0 bridgehead atoms. The molecule has 146 valence electrons. The Bertz CT molecular complexity index is 576. The van der Waals surface area contributed by atoms with Gasteiger partial charge >= 0.3 is 0 Å². The Balaban J connectivity index is 0.00000146. The zero-order chi connectivity index (χ0) is 20.3. The van der Waals surface area contributed by atoms with Gasteiger partial charge in [0.25, 0.3) is 0 Å². The molecule has 0 N–H and O–H groups in total. The minimum atomic E-state index is 0.477. The van der Waals surface area contributed by atoms with Gasteiger partial charge in [0.05, 0.1) is 0 Å². The lowest BCUT2D eigenvalue weighted by Crippen LogP contribution is -2.11. The smallest absolute Gasteiger partial charge is 0.125 e. The van der Waals surface area contributed by atoms with E-state index >= 15 is 0 Å². The molecule has 2 aromatic carbocycles. The molecule has 0 heterocycles. The van der Waals surface area contributed by atoms with Crippen LogP contribution in [0.1, 0.15) is 49.9 Å². The molecule has 2 nitrogen and oxygen atoms in total. The molecule has 0 aliphatic rings. The van der Waals surface area contributed by atoms with Crippen molar-refractivity contribution in [2.75, 3.05) is 13.2 Å². The molecule has 0 amide bonds. The van der Waals surface area contributed by atoms with Crippen LogP contribution in [0.5, 0.6) is 11.5 Å². The third-order valence-corrected chi connectivity index (χ3v) is 3.86. The SMILES string of the molecule is CC.CC.Cc1cc(Cl)cc(C)c1OCCOc1c(C)cc(Cl)cc1C. The second-order valence-corrected chi connectivity index (χ2v) is 6.31. The third-order valence-electron chi connectivity index (χ3n) is 3.43.